The molecule has 92 valence electrons. The molecular formula is C13H16BrNO2. The van der Waals surface area contributed by atoms with Gasteiger partial charge in [-0.05, 0) is 30.5 Å². The van der Waals surface area contributed by atoms with E-state index in [4.69, 9.17) is 0 Å². The number of benzene rings is 1. The number of likely N-dealkylation sites (tertiary alicyclic amines) is 1. The Hall–Kier alpha value is -0.870. The van der Waals surface area contributed by atoms with E-state index in [2.05, 4.69) is 15.9 Å². The molecule has 0 unspecified atom stereocenters. The number of carbonyl (C=O) groups is 1. The topological polar surface area (TPSA) is 40.5 Å². The summed E-state index contributed by atoms with van der Waals surface area (Å²) in [5.41, 5.74) is 1.85. The minimum absolute atomic E-state index is 0.0184. The van der Waals surface area contributed by atoms with Crippen molar-refractivity contribution in [1.29, 1.82) is 0 Å². The van der Waals surface area contributed by atoms with Crippen LogP contribution in [0.3, 0.4) is 0 Å². The SMILES string of the molecule is O=C(c1ccc(CBr)cc1)N1CCC[C@H](O)C1. The smallest absolute Gasteiger partial charge is 0.253 e. The van der Waals surface area contributed by atoms with Gasteiger partial charge in [-0.3, -0.25) is 4.79 Å². The number of alkyl halides is 1. The van der Waals surface area contributed by atoms with Gasteiger partial charge in [-0.2, -0.15) is 0 Å². The molecule has 1 aromatic carbocycles. The number of rotatable bonds is 2. The van der Waals surface area contributed by atoms with Crippen molar-refractivity contribution in [2.75, 3.05) is 13.1 Å². The van der Waals surface area contributed by atoms with Gasteiger partial charge in [0.15, 0.2) is 0 Å². The maximum atomic E-state index is 12.1. The Morgan fingerprint density at radius 3 is 2.71 bits per heavy atom. The van der Waals surface area contributed by atoms with Gasteiger partial charge in [-0.25, -0.2) is 0 Å². The van der Waals surface area contributed by atoms with Gasteiger partial charge in [0.25, 0.3) is 5.91 Å². The molecule has 3 nitrogen and oxygen atoms in total. The predicted molar refractivity (Wildman–Crippen MR) is 70.2 cm³/mol. The first-order valence-corrected chi connectivity index (χ1v) is 6.95. The van der Waals surface area contributed by atoms with Crippen molar-refractivity contribution in [2.45, 2.75) is 24.3 Å². The number of hydrogen-bond donors (Lipinski definition) is 1. The van der Waals surface area contributed by atoms with Gasteiger partial charge in [0.05, 0.1) is 6.10 Å². The van der Waals surface area contributed by atoms with Gasteiger partial charge < -0.3 is 10.0 Å². The molecule has 0 spiro atoms. The van der Waals surface area contributed by atoms with Crippen molar-refractivity contribution in [3.05, 3.63) is 35.4 Å². The van der Waals surface area contributed by atoms with E-state index in [1.54, 1.807) is 4.90 Å². The van der Waals surface area contributed by atoms with Gasteiger partial charge >= 0.3 is 0 Å². The summed E-state index contributed by atoms with van der Waals surface area (Å²) in [5.74, 6) is 0.0184. The third-order valence-corrected chi connectivity index (χ3v) is 3.69. The fourth-order valence-corrected chi connectivity index (χ4v) is 2.43. The zero-order valence-electron chi connectivity index (χ0n) is 9.60. The molecule has 0 aliphatic carbocycles. The van der Waals surface area contributed by atoms with Crippen molar-refractivity contribution in [1.82, 2.24) is 4.90 Å². The Kier molecular flexibility index (Phi) is 4.18. The molecule has 1 aliphatic heterocycles. The van der Waals surface area contributed by atoms with Crippen molar-refractivity contribution in [3.8, 4) is 0 Å². The van der Waals surface area contributed by atoms with E-state index in [1.165, 1.54) is 0 Å². The summed E-state index contributed by atoms with van der Waals surface area (Å²) < 4.78 is 0. The van der Waals surface area contributed by atoms with Crippen LogP contribution in [0.5, 0.6) is 0 Å². The van der Waals surface area contributed by atoms with Crippen molar-refractivity contribution >= 4 is 21.8 Å². The lowest BCUT2D eigenvalue weighted by Gasteiger charge is -2.30. The highest BCUT2D eigenvalue weighted by Crippen LogP contribution is 2.15. The molecule has 2 rings (SSSR count). The van der Waals surface area contributed by atoms with Crippen LogP contribution in [0.25, 0.3) is 0 Å². The minimum atomic E-state index is -0.366. The highest BCUT2D eigenvalue weighted by atomic mass is 79.9. The van der Waals surface area contributed by atoms with Crippen LogP contribution in [0.15, 0.2) is 24.3 Å². The van der Waals surface area contributed by atoms with Crippen LogP contribution in [-0.4, -0.2) is 35.1 Å². The first-order chi connectivity index (χ1) is 8.20. The van der Waals surface area contributed by atoms with Crippen molar-refractivity contribution in [2.24, 2.45) is 0 Å². The molecule has 17 heavy (non-hydrogen) atoms. The van der Waals surface area contributed by atoms with E-state index in [0.717, 1.165) is 30.3 Å². The zero-order valence-corrected chi connectivity index (χ0v) is 11.2. The van der Waals surface area contributed by atoms with Crippen molar-refractivity contribution < 1.29 is 9.90 Å². The number of aliphatic hydroxyl groups excluding tert-OH is 1. The van der Waals surface area contributed by atoms with Crippen LogP contribution in [0.1, 0.15) is 28.8 Å². The number of amides is 1. The molecule has 4 heteroatoms. The quantitative estimate of drug-likeness (QED) is 0.850. The average Bonchev–Trinajstić information content (AvgIpc) is 2.38. The molecule has 1 saturated heterocycles. The molecule has 1 N–H and O–H groups in total. The van der Waals surface area contributed by atoms with Crippen molar-refractivity contribution in [3.63, 3.8) is 0 Å². The summed E-state index contributed by atoms with van der Waals surface area (Å²) >= 11 is 3.38. The molecule has 1 aliphatic rings. The number of hydrogen-bond acceptors (Lipinski definition) is 2. The lowest BCUT2D eigenvalue weighted by molar-refractivity contribution is 0.0474. The first kappa shape index (κ1) is 12.6. The lowest BCUT2D eigenvalue weighted by atomic mass is 10.1. The molecule has 0 saturated carbocycles. The second-order valence-corrected chi connectivity index (χ2v) is 4.94. The Bertz CT molecular complexity index is 391. The van der Waals surface area contributed by atoms with Crippen LogP contribution in [0.4, 0.5) is 0 Å². The Morgan fingerprint density at radius 2 is 2.12 bits per heavy atom. The van der Waals surface area contributed by atoms with Crippen LogP contribution < -0.4 is 0 Å². The predicted octanol–water partition coefficient (Wildman–Crippen LogP) is 2.18. The normalized spacial score (nSPS) is 20.4. The van der Waals surface area contributed by atoms with Gasteiger partial charge in [0.2, 0.25) is 0 Å². The van der Waals surface area contributed by atoms with Crippen LogP contribution in [0, 0.1) is 0 Å². The molecule has 1 atom stereocenters. The number of aliphatic hydroxyl groups is 1. The maximum Gasteiger partial charge on any atom is 0.253 e. The van der Waals surface area contributed by atoms with Crippen LogP contribution in [0.2, 0.25) is 0 Å². The summed E-state index contributed by atoms with van der Waals surface area (Å²) in [7, 11) is 0. The summed E-state index contributed by atoms with van der Waals surface area (Å²) in [4.78, 5) is 13.9. The molecule has 1 heterocycles. The van der Waals surface area contributed by atoms with E-state index >= 15 is 0 Å². The largest absolute Gasteiger partial charge is 0.391 e. The van der Waals surface area contributed by atoms with E-state index in [-0.39, 0.29) is 12.0 Å². The van der Waals surface area contributed by atoms with Gasteiger partial charge in [-0.1, -0.05) is 28.1 Å². The van der Waals surface area contributed by atoms with Crippen LogP contribution in [-0.2, 0) is 5.33 Å². The minimum Gasteiger partial charge on any atom is -0.391 e. The fourth-order valence-electron chi connectivity index (χ4n) is 2.06. The highest BCUT2D eigenvalue weighted by molar-refractivity contribution is 9.08. The van der Waals surface area contributed by atoms with Crippen LogP contribution >= 0.6 is 15.9 Å². The lowest BCUT2D eigenvalue weighted by Crippen LogP contribution is -2.42. The van der Waals surface area contributed by atoms with Gasteiger partial charge in [0.1, 0.15) is 0 Å². The molecule has 1 fully saturated rings. The van der Waals surface area contributed by atoms with Gasteiger partial charge in [-0.15, -0.1) is 0 Å². The van der Waals surface area contributed by atoms with E-state index < -0.39 is 0 Å². The number of halogens is 1. The Balaban J connectivity index is 2.07. The molecule has 1 aromatic rings. The van der Waals surface area contributed by atoms with E-state index in [0.29, 0.717) is 12.1 Å². The van der Waals surface area contributed by atoms with E-state index in [9.17, 15) is 9.90 Å². The molecule has 0 bridgehead atoms. The zero-order chi connectivity index (χ0) is 12.3. The first-order valence-electron chi connectivity index (χ1n) is 5.83. The number of carbonyl (C=O) groups excluding carboxylic acids is 1. The molecular weight excluding hydrogens is 282 g/mol. The summed E-state index contributed by atoms with van der Waals surface area (Å²) in [5, 5.41) is 10.4. The van der Waals surface area contributed by atoms with E-state index in [1.807, 2.05) is 24.3 Å². The summed E-state index contributed by atoms with van der Waals surface area (Å²) in [6.07, 6.45) is 1.31. The maximum absolute atomic E-state index is 12.1. The molecule has 1 amide bonds. The molecule has 0 aromatic heterocycles. The van der Waals surface area contributed by atoms with Gasteiger partial charge in [0, 0.05) is 24.0 Å². The summed E-state index contributed by atoms with van der Waals surface area (Å²) in [6.45, 7) is 1.20. The third-order valence-electron chi connectivity index (χ3n) is 3.04. The molecule has 0 radical (unpaired) electrons. The number of nitrogens with zero attached hydrogens (tertiary/aromatic N) is 1. The third kappa shape index (κ3) is 3.07. The standard InChI is InChI=1S/C13H16BrNO2/c14-8-10-3-5-11(6-4-10)13(17)15-7-1-2-12(16)9-15/h3-6,12,16H,1-2,7-9H2/t12-/m0/s1. The highest BCUT2D eigenvalue weighted by Gasteiger charge is 2.22. The number of piperidine rings is 1. The Morgan fingerprint density at radius 1 is 1.41 bits per heavy atom. The number of β-amino-alcohol motifs (C(OH)–C–C–N with tert-alkyl or cyclic N) is 1. The monoisotopic (exact) mass is 297 g/mol. The summed E-state index contributed by atoms with van der Waals surface area (Å²) in [6, 6.07) is 7.59. The second kappa shape index (κ2) is 5.65. The Labute approximate surface area is 110 Å². The fraction of sp³-hybridized carbons (Fsp3) is 0.462. The average molecular weight is 298 g/mol. The second-order valence-electron chi connectivity index (χ2n) is 4.38.